The van der Waals surface area contributed by atoms with Crippen LogP contribution in [0.25, 0.3) is 0 Å². The molecule has 1 fully saturated rings. The number of aryl methyl sites for hydroxylation is 1. The molecule has 1 aromatic rings. The second-order valence-corrected chi connectivity index (χ2v) is 4.01. The summed E-state index contributed by atoms with van der Waals surface area (Å²) in [4.78, 5) is 4.55. The van der Waals surface area contributed by atoms with Crippen molar-refractivity contribution in [1.29, 1.82) is 5.26 Å². The van der Waals surface area contributed by atoms with Crippen LogP contribution in [0, 0.1) is 24.2 Å². The van der Waals surface area contributed by atoms with Gasteiger partial charge in [0, 0.05) is 5.71 Å². The first-order chi connectivity index (χ1) is 7.29. The summed E-state index contributed by atoms with van der Waals surface area (Å²) < 4.78 is 0. The fourth-order valence-corrected chi connectivity index (χ4v) is 1.89. The smallest absolute Gasteiger partial charge is 0.0846 e. The number of nitrogens with zero attached hydrogens (tertiary/aromatic N) is 2. The van der Waals surface area contributed by atoms with Crippen LogP contribution in [0.5, 0.6) is 0 Å². The van der Waals surface area contributed by atoms with Gasteiger partial charge in [-0.15, -0.1) is 0 Å². The largest absolute Gasteiger partial charge is 0.256 e. The van der Waals surface area contributed by atoms with Crippen molar-refractivity contribution in [3.63, 3.8) is 0 Å². The van der Waals surface area contributed by atoms with Crippen LogP contribution >= 0.6 is 0 Å². The molecule has 0 amide bonds. The van der Waals surface area contributed by atoms with Crippen LogP contribution in [0.2, 0.25) is 0 Å². The van der Waals surface area contributed by atoms with Gasteiger partial charge in [-0.1, -0.05) is 17.7 Å². The summed E-state index contributed by atoms with van der Waals surface area (Å²) in [7, 11) is 0. The topological polar surface area (TPSA) is 36.1 Å². The number of hydrogen-bond acceptors (Lipinski definition) is 2. The lowest BCUT2D eigenvalue weighted by Crippen LogP contribution is -2.02. The van der Waals surface area contributed by atoms with Gasteiger partial charge in [0.15, 0.2) is 0 Å². The van der Waals surface area contributed by atoms with Crippen LogP contribution in [0.4, 0.5) is 5.69 Å². The van der Waals surface area contributed by atoms with Crippen molar-refractivity contribution < 1.29 is 0 Å². The van der Waals surface area contributed by atoms with E-state index in [1.54, 1.807) is 0 Å². The Morgan fingerprint density at radius 1 is 1.33 bits per heavy atom. The van der Waals surface area contributed by atoms with Gasteiger partial charge in [0.25, 0.3) is 0 Å². The average molecular weight is 198 g/mol. The Kier molecular flexibility index (Phi) is 2.82. The highest BCUT2D eigenvalue weighted by atomic mass is 14.8. The lowest BCUT2D eigenvalue weighted by molar-refractivity contribution is 0.795. The number of nitriles is 1. The molecule has 0 radical (unpaired) electrons. The Morgan fingerprint density at radius 3 is 2.73 bits per heavy atom. The highest BCUT2D eigenvalue weighted by Gasteiger charge is 2.21. The molecule has 0 bridgehead atoms. The Morgan fingerprint density at radius 2 is 2.07 bits per heavy atom. The number of benzene rings is 1. The Labute approximate surface area is 90.3 Å². The minimum absolute atomic E-state index is 0.0475. The van der Waals surface area contributed by atoms with E-state index in [1.165, 1.54) is 5.56 Å². The minimum atomic E-state index is 0.0475. The van der Waals surface area contributed by atoms with Crippen LogP contribution in [-0.2, 0) is 0 Å². The maximum atomic E-state index is 8.93. The molecule has 0 N–H and O–H groups in total. The molecular weight excluding hydrogens is 184 g/mol. The monoisotopic (exact) mass is 198 g/mol. The summed E-state index contributed by atoms with van der Waals surface area (Å²) in [6.07, 6.45) is 3.05. The Hall–Kier alpha value is -1.62. The third-order valence-corrected chi connectivity index (χ3v) is 2.79. The van der Waals surface area contributed by atoms with Gasteiger partial charge < -0.3 is 0 Å². The standard InChI is InChI=1S/C13H14N2/c1-10-5-7-12(8-6-10)15-13-4-2-3-11(13)9-14/h5-8,11H,2-4H2,1H3. The van der Waals surface area contributed by atoms with E-state index in [4.69, 9.17) is 5.26 Å². The summed E-state index contributed by atoms with van der Waals surface area (Å²) in [6.45, 7) is 2.06. The summed E-state index contributed by atoms with van der Waals surface area (Å²) >= 11 is 0. The lowest BCUT2D eigenvalue weighted by atomic mass is 10.1. The van der Waals surface area contributed by atoms with Gasteiger partial charge >= 0.3 is 0 Å². The molecule has 0 saturated heterocycles. The van der Waals surface area contributed by atoms with E-state index in [0.717, 1.165) is 30.7 Å². The van der Waals surface area contributed by atoms with Crippen molar-refractivity contribution >= 4 is 11.4 Å². The van der Waals surface area contributed by atoms with Gasteiger partial charge in [-0.25, -0.2) is 0 Å². The number of hydrogen-bond donors (Lipinski definition) is 0. The van der Waals surface area contributed by atoms with E-state index < -0.39 is 0 Å². The molecule has 2 rings (SSSR count). The molecule has 1 aliphatic rings. The molecular formula is C13H14N2. The Bertz CT molecular complexity index is 409. The van der Waals surface area contributed by atoms with Crippen LogP contribution in [0.3, 0.4) is 0 Å². The molecule has 1 atom stereocenters. The summed E-state index contributed by atoms with van der Waals surface area (Å²) in [5, 5.41) is 8.93. The SMILES string of the molecule is Cc1ccc(N=C2CCCC2C#N)cc1. The van der Waals surface area contributed by atoms with Crippen LogP contribution in [0.15, 0.2) is 29.3 Å². The molecule has 2 nitrogen and oxygen atoms in total. The fraction of sp³-hybridized carbons (Fsp3) is 0.385. The van der Waals surface area contributed by atoms with E-state index >= 15 is 0 Å². The average Bonchev–Trinajstić information content (AvgIpc) is 2.69. The van der Waals surface area contributed by atoms with Crippen molar-refractivity contribution in [1.82, 2.24) is 0 Å². The quantitative estimate of drug-likeness (QED) is 0.681. The van der Waals surface area contributed by atoms with Gasteiger partial charge in [0.05, 0.1) is 17.7 Å². The van der Waals surface area contributed by atoms with E-state index in [2.05, 4.69) is 30.1 Å². The van der Waals surface area contributed by atoms with Crippen molar-refractivity contribution in [2.45, 2.75) is 26.2 Å². The number of rotatable bonds is 1. The van der Waals surface area contributed by atoms with E-state index in [1.807, 2.05) is 12.1 Å². The molecule has 2 heteroatoms. The van der Waals surface area contributed by atoms with Crippen LogP contribution < -0.4 is 0 Å². The lowest BCUT2D eigenvalue weighted by Gasteiger charge is -2.01. The summed E-state index contributed by atoms with van der Waals surface area (Å²) in [6, 6.07) is 10.4. The molecule has 0 heterocycles. The molecule has 0 aromatic heterocycles. The highest BCUT2D eigenvalue weighted by Crippen LogP contribution is 2.25. The zero-order valence-electron chi connectivity index (χ0n) is 8.90. The van der Waals surface area contributed by atoms with Crippen molar-refractivity contribution in [2.75, 3.05) is 0 Å². The zero-order valence-corrected chi connectivity index (χ0v) is 8.90. The van der Waals surface area contributed by atoms with Gasteiger partial charge in [0.1, 0.15) is 0 Å². The van der Waals surface area contributed by atoms with Crippen LogP contribution in [-0.4, -0.2) is 5.71 Å². The molecule has 0 spiro atoms. The molecule has 15 heavy (non-hydrogen) atoms. The summed E-state index contributed by atoms with van der Waals surface area (Å²) in [5.41, 5.74) is 3.27. The fourth-order valence-electron chi connectivity index (χ4n) is 1.89. The molecule has 76 valence electrons. The predicted molar refractivity (Wildman–Crippen MR) is 61.2 cm³/mol. The van der Waals surface area contributed by atoms with Crippen molar-refractivity contribution in [3.05, 3.63) is 29.8 Å². The van der Waals surface area contributed by atoms with Crippen molar-refractivity contribution in [2.24, 2.45) is 10.9 Å². The first-order valence-electron chi connectivity index (χ1n) is 5.33. The third-order valence-electron chi connectivity index (χ3n) is 2.79. The molecule has 1 aliphatic carbocycles. The first-order valence-corrected chi connectivity index (χ1v) is 5.33. The maximum absolute atomic E-state index is 8.93. The van der Waals surface area contributed by atoms with Crippen LogP contribution in [0.1, 0.15) is 24.8 Å². The molecule has 0 aliphatic heterocycles. The second-order valence-electron chi connectivity index (χ2n) is 4.01. The van der Waals surface area contributed by atoms with Gasteiger partial charge in [0.2, 0.25) is 0 Å². The highest BCUT2D eigenvalue weighted by molar-refractivity contribution is 5.92. The van der Waals surface area contributed by atoms with Gasteiger partial charge in [-0.3, -0.25) is 4.99 Å². The Balaban J connectivity index is 2.23. The van der Waals surface area contributed by atoms with Gasteiger partial charge in [-0.05, 0) is 38.3 Å². The predicted octanol–water partition coefficient (Wildman–Crippen LogP) is 3.39. The molecule has 1 saturated carbocycles. The van der Waals surface area contributed by atoms with E-state index in [9.17, 15) is 0 Å². The minimum Gasteiger partial charge on any atom is -0.256 e. The van der Waals surface area contributed by atoms with E-state index in [-0.39, 0.29) is 5.92 Å². The third kappa shape index (κ3) is 2.24. The maximum Gasteiger partial charge on any atom is 0.0846 e. The summed E-state index contributed by atoms with van der Waals surface area (Å²) in [5.74, 6) is 0.0475. The van der Waals surface area contributed by atoms with E-state index in [0.29, 0.717) is 0 Å². The zero-order chi connectivity index (χ0) is 10.7. The first kappa shape index (κ1) is 9.92. The second kappa shape index (κ2) is 4.27. The normalized spacial score (nSPS) is 22.9. The molecule has 1 unspecified atom stereocenters. The van der Waals surface area contributed by atoms with Gasteiger partial charge in [-0.2, -0.15) is 5.26 Å². The molecule has 1 aromatic carbocycles. The number of aliphatic imine (C=N–C) groups is 1. The van der Waals surface area contributed by atoms with Crippen molar-refractivity contribution in [3.8, 4) is 6.07 Å².